The van der Waals surface area contributed by atoms with E-state index in [9.17, 15) is 0 Å². The van der Waals surface area contributed by atoms with Crippen LogP contribution >= 0.6 is 11.3 Å². The smallest absolute Gasteiger partial charge is 0.0964 e. The quantitative estimate of drug-likeness (QED) is 0.873. The van der Waals surface area contributed by atoms with Gasteiger partial charge in [0, 0.05) is 23.5 Å². The standard InChI is InChI=1S/C14H20N2S/c15-6-12-7-16-14(17-12)13-10-2-8-1-9(4-10)5-11(13)3-8/h7-11,13H,1-6,15H2. The Morgan fingerprint density at radius 1 is 1.12 bits per heavy atom. The molecular weight excluding hydrogens is 228 g/mol. The Balaban J connectivity index is 1.65. The van der Waals surface area contributed by atoms with Gasteiger partial charge in [-0.3, -0.25) is 0 Å². The average molecular weight is 248 g/mol. The van der Waals surface area contributed by atoms with E-state index in [1.807, 2.05) is 17.5 Å². The van der Waals surface area contributed by atoms with Crippen molar-refractivity contribution in [3.8, 4) is 0 Å². The van der Waals surface area contributed by atoms with E-state index in [1.54, 1.807) is 0 Å². The van der Waals surface area contributed by atoms with Crippen molar-refractivity contribution in [2.45, 2.75) is 44.6 Å². The first-order valence-electron chi connectivity index (χ1n) is 6.98. The van der Waals surface area contributed by atoms with E-state index >= 15 is 0 Å². The molecule has 0 aromatic carbocycles. The molecule has 2 nitrogen and oxygen atoms in total. The summed E-state index contributed by atoms with van der Waals surface area (Å²) in [6.07, 6.45) is 9.46. The third-order valence-corrected chi connectivity index (χ3v) is 6.41. The van der Waals surface area contributed by atoms with Gasteiger partial charge in [0.2, 0.25) is 0 Å². The summed E-state index contributed by atoms with van der Waals surface area (Å²) in [7, 11) is 0. The summed E-state index contributed by atoms with van der Waals surface area (Å²) < 4.78 is 0. The molecule has 0 spiro atoms. The molecule has 0 amide bonds. The maximum atomic E-state index is 5.71. The first-order chi connectivity index (χ1) is 8.33. The zero-order chi connectivity index (χ0) is 11.4. The molecular formula is C14H20N2S. The number of thiazole rings is 1. The van der Waals surface area contributed by atoms with Crippen molar-refractivity contribution in [1.82, 2.24) is 4.98 Å². The molecule has 5 rings (SSSR count). The highest BCUT2D eigenvalue weighted by Crippen LogP contribution is 2.60. The highest BCUT2D eigenvalue weighted by atomic mass is 32.1. The Bertz CT molecular complexity index is 398. The van der Waals surface area contributed by atoms with Crippen molar-refractivity contribution in [2.75, 3.05) is 0 Å². The van der Waals surface area contributed by atoms with E-state index in [2.05, 4.69) is 4.98 Å². The van der Waals surface area contributed by atoms with E-state index in [1.165, 1.54) is 42.0 Å². The predicted octanol–water partition coefficient (Wildman–Crippen LogP) is 3.14. The number of aromatic nitrogens is 1. The molecule has 0 atom stereocenters. The Morgan fingerprint density at radius 2 is 1.76 bits per heavy atom. The molecule has 4 saturated carbocycles. The van der Waals surface area contributed by atoms with E-state index in [4.69, 9.17) is 5.73 Å². The Kier molecular flexibility index (Phi) is 2.34. The van der Waals surface area contributed by atoms with Crippen LogP contribution in [0, 0.1) is 23.7 Å². The monoisotopic (exact) mass is 248 g/mol. The molecule has 1 aromatic heterocycles. The number of hydrogen-bond acceptors (Lipinski definition) is 3. The fraction of sp³-hybridized carbons (Fsp3) is 0.786. The summed E-state index contributed by atoms with van der Waals surface area (Å²) in [5.74, 6) is 4.80. The lowest BCUT2D eigenvalue weighted by Crippen LogP contribution is -2.43. The van der Waals surface area contributed by atoms with Crippen LogP contribution in [0.2, 0.25) is 0 Å². The van der Waals surface area contributed by atoms with Crippen LogP contribution < -0.4 is 5.73 Å². The van der Waals surface area contributed by atoms with Gasteiger partial charge in [-0.15, -0.1) is 11.3 Å². The SMILES string of the molecule is NCc1cnc(C2C3CC4CC(C3)CC2C4)s1. The van der Waals surface area contributed by atoms with Gasteiger partial charge < -0.3 is 5.73 Å². The van der Waals surface area contributed by atoms with Crippen LogP contribution in [0.25, 0.3) is 0 Å². The summed E-state index contributed by atoms with van der Waals surface area (Å²) in [5, 5.41) is 1.40. The average Bonchev–Trinajstić information content (AvgIpc) is 2.76. The minimum absolute atomic E-state index is 0.658. The van der Waals surface area contributed by atoms with Gasteiger partial charge in [-0.2, -0.15) is 0 Å². The molecule has 4 aliphatic rings. The molecule has 4 fully saturated rings. The van der Waals surface area contributed by atoms with Crippen LogP contribution in [-0.4, -0.2) is 4.98 Å². The van der Waals surface area contributed by atoms with Crippen molar-refractivity contribution >= 4 is 11.3 Å². The third kappa shape index (κ3) is 1.59. The second-order valence-corrected chi connectivity index (χ2v) is 7.47. The summed E-state index contributed by atoms with van der Waals surface area (Å²) in [6, 6.07) is 0. The molecule has 1 heterocycles. The van der Waals surface area contributed by atoms with Crippen LogP contribution in [0.4, 0.5) is 0 Å². The molecule has 4 aliphatic carbocycles. The molecule has 17 heavy (non-hydrogen) atoms. The second-order valence-electron chi connectivity index (χ2n) is 6.33. The van der Waals surface area contributed by atoms with Gasteiger partial charge in [0.1, 0.15) is 0 Å². The lowest BCUT2D eigenvalue weighted by Gasteiger charge is -2.53. The molecule has 0 saturated heterocycles. The minimum Gasteiger partial charge on any atom is -0.326 e. The van der Waals surface area contributed by atoms with Gasteiger partial charge >= 0.3 is 0 Å². The summed E-state index contributed by atoms with van der Waals surface area (Å²) in [5.41, 5.74) is 5.71. The summed E-state index contributed by atoms with van der Waals surface area (Å²) >= 11 is 1.88. The maximum Gasteiger partial charge on any atom is 0.0964 e. The van der Waals surface area contributed by atoms with Gasteiger partial charge in [-0.1, -0.05) is 0 Å². The predicted molar refractivity (Wildman–Crippen MR) is 69.8 cm³/mol. The van der Waals surface area contributed by atoms with E-state index < -0.39 is 0 Å². The van der Waals surface area contributed by atoms with Crippen molar-refractivity contribution < 1.29 is 0 Å². The molecule has 1 aromatic rings. The van der Waals surface area contributed by atoms with Crippen molar-refractivity contribution in [1.29, 1.82) is 0 Å². The zero-order valence-electron chi connectivity index (χ0n) is 10.1. The lowest BCUT2D eigenvalue weighted by atomic mass is 9.52. The molecule has 3 heteroatoms. The normalized spacial score (nSPS) is 43.2. The van der Waals surface area contributed by atoms with Gasteiger partial charge in [0.05, 0.1) is 5.01 Å². The largest absolute Gasteiger partial charge is 0.326 e. The molecule has 0 unspecified atom stereocenters. The van der Waals surface area contributed by atoms with Crippen molar-refractivity contribution in [2.24, 2.45) is 29.4 Å². The van der Waals surface area contributed by atoms with Crippen LogP contribution in [0.3, 0.4) is 0 Å². The van der Waals surface area contributed by atoms with Crippen LogP contribution in [0.1, 0.15) is 47.9 Å². The molecule has 4 bridgehead atoms. The maximum absolute atomic E-state index is 5.71. The zero-order valence-corrected chi connectivity index (χ0v) is 11.0. The van der Waals surface area contributed by atoms with Gasteiger partial charge in [-0.25, -0.2) is 4.98 Å². The highest BCUT2D eigenvalue weighted by molar-refractivity contribution is 7.11. The Hall–Kier alpha value is -0.410. The van der Waals surface area contributed by atoms with Crippen LogP contribution in [0.15, 0.2) is 6.20 Å². The minimum atomic E-state index is 0.658. The molecule has 0 radical (unpaired) electrons. The van der Waals surface area contributed by atoms with Crippen molar-refractivity contribution in [3.05, 3.63) is 16.1 Å². The highest BCUT2D eigenvalue weighted by Gasteiger charge is 2.49. The second kappa shape index (κ2) is 3.79. The van der Waals surface area contributed by atoms with Gasteiger partial charge in [0.25, 0.3) is 0 Å². The van der Waals surface area contributed by atoms with Crippen LogP contribution in [0.5, 0.6) is 0 Å². The van der Waals surface area contributed by atoms with E-state index in [-0.39, 0.29) is 0 Å². The third-order valence-electron chi connectivity index (χ3n) is 5.28. The number of rotatable bonds is 2. The molecule has 92 valence electrons. The fourth-order valence-corrected chi connectivity index (χ4v) is 5.98. The van der Waals surface area contributed by atoms with Gasteiger partial charge in [-0.05, 0) is 55.8 Å². The van der Waals surface area contributed by atoms with E-state index in [0.717, 1.165) is 29.6 Å². The van der Waals surface area contributed by atoms with Crippen molar-refractivity contribution in [3.63, 3.8) is 0 Å². The van der Waals surface area contributed by atoms with E-state index in [0.29, 0.717) is 6.54 Å². The summed E-state index contributed by atoms with van der Waals surface area (Å²) in [6.45, 7) is 0.658. The molecule has 0 aliphatic heterocycles. The first kappa shape index (κ1) is 10.5. The topological polar surface area (TPSA) is 38.9 Å². The van der Waals surface area contributed by atoms with Gasteiger partial charge in [0.15, 0.2) is 0 Å². The fourth-order valence-electron chi connectivity index (χ4n) is 4.90. The summed E-state index contributed by atoms with van der Waals surface area (Å²) in [4.78, 5) is 5.93. The number of hydrogen-bond donors (Lipinski definition) is 1. The number of nitrogens with zero attached hydrogens (tertiary/aromatic N) is 1. The Labute approximate surface area is 107 Å². The number of nitrogens with two attached hydrogens (primary N) is 1. The lowest BCUT2D eigenvalue weighted by molar-refractivity contribution is -0.00283. The molecule has 2 N–H and O–H groups in total. The van der Waals surface area contributed by atoms with Crippen LogP contribution in [-0.2, 0) is 6.54 Å². The Morgan fingerprint density at radius 3 is 2.29 bits per heavy atom. The first-order valence-corrected chi connectivity index (χ1v) is 7.79.